The summed E-state index contributed by atoms with van der Waals surface area (Å²) in [6, 6.07) is 23.9. The number of benzene rings is 7. The van der Waals surface area contributed by atoms with Gasteiger partial charge in [0.15, 0.2) is 8.32 Å². The highest BCUT2D eigenvalue weighted by Gasteiger charge is 2.37. The van der Waals surface area contributed by atoms with Crippen molar-refractivity contribution in [1.82, 2.24) is 10.6 Å². The van der Waals surface area contributed by atoms with Crippen LogP contribution in [-0.2, 0) is 72.1 Å². The molecule has 31 heteroatoms. The van der Waals surface area contributed by atoms with Gasteiger partial charge in [-0.2, -0.15) is 0 Å². The van der Waals surface area contributed by atoms with Crippen molar-refractivity contribution in [2.45, 2.75) is 78.0 Å². The van der Waals surface area contributed by atoms with Gasteiger partial charge in [0.25, 0.3) is 0 Å². The Morgan fingerprint density at radius 2 is 0.867 bits per heavy atom. The number of nitrogens with zero attached hydrogens (tertiary/aromatic N) is 3. The van der Waals surface area contributed by atoms with Crippen LogP contribution in [0.4, 0.5) is 47.8 Å². The van der Waals surface area contributed by atoms with Crippen molar-refractivity contribution in [3.8, 4) is 34.5 Å². The fraction of sp³-hybridized carbons (Fsp3) is 0.378. The second kappa shape index (κ2) is 46.0. The van der Waals surface area contributed by atoms with E-state index in [-0.39, 0.29) is 66.6 Å². The number of aliphatic hydroxyl groups is 2. The average molecular weight is 1690 g/mol. The Kier molecular flexibility index (Phi) is 39.9. The van der Waals surface area contributed by atoms with E-state index in [0.717, 1.165) is 69.7 Å². The number of hydrogen-bond donors (Lipinski definition) is 5. The molecule has 20 nitrogen and oxygen atoms in total. The van der Waals surface area contributed by atoms with Gasteiger partial charge < -0.3 is 78.1 Å². The van der Waals surface area contributed by atoms with Crippen LogP contribution < -0.4 is 44.1 Å². The lowest BCUT2D eigenvalue weighted by Crippen LogP contribution is -2.43. The quantitative estimate of drug-likeness (QED) is 0.0177. The summed E-state index contributed by atoms with van der Waals surface area (Å²) in [5, 5.41) is 33.9. The molecule has 105 heavy (non-hydrogen) atoms. The van der Waals surface area contributed by atoms with Crippen molar-refractivity contribution < 1.29 is 103 Å². The number of nitrogens with one attached hydrogen (secondary N) is 2. The van der Waals surface area contributed by atoms with Gasteiger partial charge in [0, 0.05) is 128 Å². The normalized spacial score (nSPS) is 12.2. The summed E-state index contributed by atoms with van der Waals surface area (Å²) in [6.07, 6.45) is 0.0844. The Labute approximate surface area is 634 Å². The second-order valence-corrected chi connectivity index (χ2v) is 31.3. The predicted octanol–water partition coefficient (Wildman–Crippen LogP) is 14.8. The third-order valence-electron chi connectivity index (χ3n) is 16.0. The number of phenols is 1. The first kappa shape index (κ1) is 91.0. The maximum atomic E-state index is 13.9. The Bertz CT molecular complexity index is 3970. The smallest absolute Gasteiger partial charge is 0.310 e. The summed E-state index contributed by atoms with van der Waals surface area (Å²) in [6.45, 7) is 24.7. The third-order valence-corrected chi connectivity index (χ3v) is 22.3. The number of halogens is 10. The van der Waals surface area contributed by atoms with E-state index in [4.69, 9.17) is 39.8 Å². The standard InChI is InChI=1S/C14H22BrFO2Si.C12H17FN2O2.C11H12FN3.C10H10BrFO3.C10H11FO3.C9H9FO3.C8H8BrFO2/c1-14(2,3)19(5,6)18-9-10-7-11(15)12(16)8-13(10)17-4;1-17-12-7-10(13)11(6-9(12)8-16)15-4-2-14-3-5-15;1-13-11-3-2-9(8-10(11)12)15-6-4-14-5-7-15;1-14-9-5-8(12)7(11)3-6(9)4-10(13)15-2;1-13-9-6-8(11)4-3-7(9)5-10(12)14-2;1-13-9(12)4-6-2-3-7(10)5-8(6)11;1-12-8-3-7(10)6(9)2-5(8)4-11/h7-8H,9H2,1-6H3;6-7,14,16H,2-5,8H2,1H3;2-3,8,14H,4-7H2;3,5H,4H2,1-2H3;3-4,6H,5H2,1-2H3;2-3,5,11H,4H2,1H3;2-3,11H,4H2,1H3. The topological polar surface area (TPSA) is 230 Å². The summed E-state index contributed by atoms with van der Waals surface area (Å²) >= 11 is 9.24. The van der Waals surface area contributed by atoms with E-state index in [1.165, 1.54) is 123 Å². The second-order valence-electron chi connectivity index (χ2n) is 23.9. The molecule has 0 saturated carbocycles. The van der Waals surface area contributed by atoms with Crippen molar-refractivity contribution >= 4 is 91.1 Å². The van der Waals surface area contributed by atoms with Gasteiger partial charge in [0.2, 0.25) is 5.69 Å². The molecule has 7 aromatic rings. The molecule has 574 valence electrons. The van der Waals surface area contributed by atoms with Crippen molar-refractivity contribution in [3.63, 3.8) is 0 Å². The van der Waals surface area contributed by atoms with Gasteiger partial charge in [-0.3, -0.25) is 14.4 Å². The van der Waals surface area contributed by atoms with E-state index in [1.807, 2.05) is 11.0 Å². The SMILES string of the molecule is COC(=O)Cc1cc(Br)c(F)cc1OC.COC(=O)Cc1ccc(F)cc1O.COC(=O)Cc1ccc(F)cc1OC.COc1cc(F)c(Br)cc1CO.COc1cc(F)c(Br)cc1CO[Si](C)(C)C(C)(C)C.COc1cc(F)c(N2CCNCC2)cc1CO.[C-]#[N+]c1ccc(N2CCNCC2)cc1F. The van der Waals surface area contributed by atoms with Gasteiger partial charge in [0.05, 0.1) is 122 Å². The third kappa shape index (κ3) is 29.9. The highest BCUT2D eigenvalue weighted by molar-refractivity contribution is 9.11. The number of anilines is 2. The zero-order valence-corrected chi connectivity index (χ0v) is 66.3. The molecule has 2 aliphatic rings. The van der Waals surface area contributed by atoms with E-state index >= 15 is 0 Å². The van der Waals surface area contributed by atoms with Crippen LogP contribution in [-0.4, -0.2) is 151 Å². The first-order valence-electron chi connectivity index (χ1n) is 32.1. The largest absolute Gasteiger partial charge is 0.508 e. The van der Waals surface area contributed by atoms with Crippen LogP contribution in [0.2, 0.25) is 18.1 Å². The van der Waals surface area contributed by atoms with E-state index in [9.17, 15) is 55.3 Å². The Hall–Kier alpha value is -8.19. The maximum absolute atomic E-state index is 13.9. The average Bonchev–Trinajstić information content (AvgIpc) is 0.641. The summed E-state index contributed by atoms with van der Waals surface area (Å²) in [7, 11) is 9.33. The molecule has 0 aromatic heterocycles. The molecular formula is C74H89Br3F7N5O15Si. The molecule has 0 bridgehead atoms. The maximum Gasteiger partial charge on any atom is 0.310 e. The van der Waals surface area contributed by atoms with Crippen LogP contribution in [0.25, 0.3) is 4.85 Å². The number of aromatic hydroxyl groups is 1. The van der Waals surface area contributed by atoms with Gasteiger partial charge in [-0.1, -0.05) is 39.0 Å². The van der Waals surface area contributed by atoms with Crippen LogP contribution in [0.5, 0.6) is 34.5 Å². The van der Waals surface area contributed by atoms with Gasteiger partial charge >= 0.3 is 17.9 Å². The highest BCUT2D eigenvalue weighted by atomic mass is 79.9. The Balaban J connectivity index is 0.000000319. The van der Waals surface area contributed by atoms with E-state index < -0.39 is 49.3 Å². The number of aliphatic hydroxyl groups excluding tert-OH is 2. The van der Waals surface area contributed by atoms with Crippen molar-refractivity contribution in [1.29, 1.82) is 0 Å². The lowest BCUT2D eigenvalue weighted by molar-refractivity contribution is -0.140. The highest BCUT2D eigenvalue weighted by Crippen LogP contribution is 2.39. The van der Waals surface area contributed by atoms with Gasteiger partial charge in [0.1, 0.15) is 75.2 Å². The molecule has 9 rings (SSSR count). The van der Waals surface area contributed by atoms with Gasteiger partial charge in [-0.25, -0.2) is 35.6 Å². The van der Waals surface area contributed by atoms with Crippen molar-refractivity contribution in [2.24, 2.45) is 0 Å². The number of piperazine rings is 2. The minimum absolute atomic E-state index is 0.0530. The van der Waals surface area contributed by atoms with E-state index in [2.05, 4.69) is 116 Å². The number of esters is 3. The van der Waals surface area contributed by atoms with Crippen LogP contribution in [0.15, 0.2) is 117 Å². The van der Waals surface area contributed by atoms with Crippen molar-refractivity contribution in [2.75, 3.05) is 119 Å². The number of hydrogen-bond acceptors (Lipinski definition) is 19. The summed E-state index contributed by atoms with van der Waals surface area (Å²) in [5.74, 6) is -2.33. The Morgan fingerprint density at radius 3 is 1.30 bits per heavy atom. The number of carbonyl (C=O) groups excluding carboxylic acids is 3. The zero-order chi connectivity index (χ0) is 78.7. The summed E-state index contributed by atoms with van der Waals surface area (Å²) < 4.78 is 138. The molecule has 0 aliphatic carbocycles. The molecule has 2 saturated heterocycles. The fourth-order valence-corrected chi connectivity index (χ4v) is 11.2. The molecule has 5 N–H and O–H groups in total. The molecular weight excluding hydrogens is 1600 g/mol. The number of carbonyl (C=O) groups is 3. The molecule has 0 radical (unpaired) electrons. The number of methoxy groups -OCH3 is 8. The molecule has 2 aliphatic heterocycles. The number of rotatable bonds is 18. The Morgan fingerprint density at radius 1 is 0.486 bits per heavy atom. The van der Waals surface area contributed by atoms with E-state index in [1.54, 1.807) is 25.3 Å². The zero-order valence-electron chi connectivity index (χ0n) is 60.6. The molecule has 7 aromatic carbocycles. The fourth-order valence-electron chi connectivity index (χ4n) is 9.12. The summed E-state index contributed by atoms with van der Waals surface area (Å²) in [4.78, 5) is 40.0. The monoisotopic (exact) mass is 1690 g/mol. The van der Waals surface area contributed by atoms with Gasteiger partial charge in [-0.15, -0.1) is 0 Å². The van der Waals surface area contributed by atoms with E-state index in [0.29, 0.717) is 82.3 Å². The van der Waals surface area contributed by atoms with Crippen molar-refractivity contribution in [3.05, 3.63) is 202 Å². The number of ether oxygens (including phenoxy) is 8. The minimum atomic E-state index is -1.82. The molecule has 2 fully saturated rings. The van der Waals surface area contributed by atoms with Crippen LogP contribution in [0.1, 0.15) is 54.2 Å². The van der Waals surface area contributed by atoms with Crippen LogP contribution >= 0.6 is 47.8 Å². The summed E-state index contributed by atoms with van der Waals surface area (Å²) in [5.41, 5.74) is 5.08. The van der Waals surface area contributed by atoms with Crippen LogP contribution in [0.3, 0.4) is 0 Å². The van der Waals surface area contributed by atoms with Gasteiger partial charge in [-0.05, 0) is 114 Å². The molecule has 0 spiro atoms. The molecule has 0 atom stereocenters. The molecule has 0 unspecified atom stereocenters. The lowest BCUT2D eigenvalue weighted by Gasteiger charge is -2.36. The first-order valence-corrected chi connectivity index (χ1v) is 37.4. The van der Waals surface area contributed by atoms with Crippen LogP contribution in [0, 0.1) is 47.3 Å². The molecule has 0 amide bonds. The predicted molar refractivity (Wildman–Crippen MR) is 400 cm³/mol. The lowest BCUT2D eigenvalue weighted by atomic mass is 10.1. The number of phenolic OH excluding ortho intramolecular Hbond substituents is 1. The minimum Gasteiger partial charge on any atom is -0.508 e. The first-order chi connectivity index (χ1) is 49.7. The molecule has 2 heterocycles.